The molecule has 17 heavy (non-hydrogen) atoms. The van der Waals surface area contributed by atoms with Gasteiger partial charge in [0.2, 0.25) is 12.3 Å². The first-order valence-corrected chi connectivity index (χ1v) is 5.62. The van der Waals surface area contributed by atoms with E-state index in [9.17, 15) is 0 Å². The number of nitrogens with one attached hydrogen (secondary N) is 1. The van der Waals surface area contributed by atoms with Crippen LogP contribution in [0.4, 0.5) is 5.69 Å². The topological polar surface area (TPSA) is 77.0 Å². The van der Waals surface area contributed by atoms with E-state index in [2.05, 4.69) is 22.4 Å². The van der Waals surface area contributed by atoms with Crippen molar-refractivity contribution in [2.24, 2.45) is 5.73 Å². The fourth-order valence-electron chi connectivity index (χ4n) is 1.57. The summed E-state index contributed by atoms with van der Waals surface area (Å²) in [6, 6.07) is 6.01. The number of aromatic nitrogens is 2. The van der Waals surface area contributed by atoms with E-state index in [-0.39, 0.29) is 0 Å². The average molecular weight is 232 g/mol. The number of nitrogens with zero attached hydrogens (tertiary/aromatic N) is 2. The molecular formula is C12H16N4O. The third-order valence-electron chi connectivity index (χ3n) is 2.54. The summed E-state index contributed by atoms with van der Waals surface area (Å²) >= 11 is 0. The molecule has 5 nitrogen and oxygen atoms in total. The Morgan fingerprint density at radius 2 is 2.29 bits per heavy atom. The zero-order valence-corrected chi connectivity index (χ0v) is 9.81. The summed E-state index contributed by atoms with van der Waals surface area (Å²) in [6.07, 6.45) is 2.28. The highest BCUT2D eigenvalue weighted by atomic mass is 16.4. The lowest BCUT2D eigenvalue weighted by Gasteiger charge is -2.09. The normalized spacial score (nSPS) is 10.5. The second-order valence-corrected chi connectivity index (χ2v) is 3.84. The SMILES string of the molecule is Cc1ccc(-c2nnco2)cc1NCCCN. The van der Waals surface area contributed by atoms with Crippen LogP contribution < -0.4 is 11.1 Å². The van der Waals surface area contributed by atoms with Crippen LogP contribution in [0, 0.1) is 6.92 Å². The van der Waals surface area contributed by atoms with E-state index >= 15 is 0 Å². The van der Waals surface area contributed by atoms with Crippen molar-refractivity contribution < 1.29 is 4.42 Å². The molecule has 2 aromatic rings. The maximum atomic E-state index is 5.46. The number of benzene rings is 1. The molecule has 0 aliphatic heterocycles. The van der Waals surface area contributed by atoms with Gasteiger partial charge in [-0.3, -0.25) is 0 Å². The number of hydrogen-bond acceptors (Lipinski definition) is 5. The van der Waals surface area contributed by atoms with Crippen LogP contribution in [-0.4, -0.2) is 23.3 Å². The lowest BCUT2D eigenvalue weighted by Crippen LogP contribution is -2.09. The molecule has 0 saturated heterocycles. The smallest absolute Gasteiger partial charge is 0.247 e. The fourth-order valence-corrected chi connectivity index (χ4v) is 1.57. The Hall–Kier alpha value is -1.88. The van der Waals surface area contributed by atoms with Gasteiger partial charge in [-0.1, -0.05) is 6.07 Å². The van der Waals surface area contributed by atoms with Gasteiger partial charge < -0.3 is 15.5 Å². The molecule has 0 atom stereocenters. The lowest BCUT2D eigenvalue weighted by atomic mass is 10.1. The van der Waals surface area contributed by atoms with Gasteiger partial charge in [0.1, 0.15) is 0 Å². The van der Waals surface area contributed by atoms with Crippen LogP contribution in [0.3, 0.4) is 0 Å². The summed E-state index contributed by atoms with van der Waals surface area (Å²) in [5.41, 5.74) is 8.65. The molecule has 1 heterocycles. The van der Waals surface area contributed by atoms with Crippen LogP contribution in [0.15, 0.2) is 29.0 Å². The molecule has 0 radical (unpaired) electrons. The Morgan fingerprint density at radius 3 is 3.00 bits per heavy atom. The van der Waals surface area contributed by atoms with Gasteiger partial charge >= 0.3 is 0 Å². The largest absolute Gasteiger partial charge is 0.423 e. The van der Waals surface area contributed by atoms with E-state index in [4.69, 9.17) is 10.2 Å². The molecule has 3 N–H and O–H groups in total. The molecule has 1 aromatic carbocycles. The highest BCUT2D eigenvalue weighted by molar-refractivity contribution is 5.64. The molecule has 0 saturated carbocycles. The minimum atomic E-state index is 0.534. The van der Waals surface area contributed by atoms with Gasteiger partial charge in [-0.05, 0) is 37.6 Å². The first-order chi connectivity index (χ1) is 8.31. The molecule has 0 spiro atoms. The highest BCUT2D eigenvalue weighted by Gasteiger charge is 2.06. The molecule has 0 amide bonds. The van der Waals surface area contributed by atoms with Crippen molar-refractivity contribution in [1.29, 1.82) is 0 Å². The van der Waals surface area contributed by atoms with Crippen LogP contribution in [0.1, 0.15) is 12.0 Å². The Bertz CT molecular complexity index is 467. The number of rotatable bonds is 5. The second kappa shape index (κ2) is 5.45. The van der Waals surface area contributed by atoms with E-state index in [1.807, 2.05) is 18.2 Å². The molecule has 5 heteroatoms. The Kier molecular flexibility index (Phi) is 3.72. The molecule has 0 aliphatic rings. The molecule has 0 bridgehead atoms. The molecule has 90 valence electrons. The van der Waals surface area contributed by atoms with Gasteiger partial charge in [-0.2, -0.15) is 0 Å². The van der Waals surface area contributed by atoms with Crippen LogP contribution >= 0.6 is 0 Å². The van der Waals surface area contributed by atoms with Gasteiger partial charge in [-0.15, -0.1) is 10.2 Å². The standard InChI is InChI=1S/C12H16N4O/c1-9-3-4-10(12-16-15-8-17-12)7-11(9)14-6-2-5-13/h3-4,7-8,14H,2,5-6,13H2,1H3. The van der Waals surface area contributed by atoms with Crippen molar-refractivity contribution in [1.82, 2.24) is 10.2 Å². The van der Waals surface area contributed by atoms with Crippen molar-refractivity contribution in [3.8, 4) is 11.5 Å². The van der Waals surface area contributed by atoms with Crippen molar-refractivity contribution in [3.05, 3.63) is 30.2 Å². The number of hydrogen-bond donors (Lipinski definition) is 2. The van der Waals surface area contributed by atoms with Crippen molar-refractivity contribution >= 4 is 5.69 Å². The minimum Gasteiger partial charge on any atom is -0.423 e. The Morgan fingerprint density at radius 1 is 1.41 bits per heavy atom. The van der Waals surface area contributed by atoms with E-state index in [0.29, 0.717) is 12.4 Å². The van der Waals surface area contributed by atoms with Crippen LogP contribution in [0.5, 0.6) is 0 Å². The quantitative estimate of drug-likeness (QED) is 0.769. The zero-order valence-electron chi connectivity index (χ0n) is 9.81. The first kappa shape index (κ1) is 11.6. The molecule has 2 rings (SSSR count). The molecule has 0 aliphatic carbocycles. The molecule has 0 fully saturated rings. The van der Waals surface area contributed by atoms with E-state index in [1.54, 1.807) is 0 Å². The summed E-state index contributed by atoms with van der Waals surface area (Å²) < 4.78 is 5.17. The summed E-state index contributed by atoms with van der Waals surface area (Å²) in [5, 5.41) is 10.9. The fraction of sp³-hybridized carbons (Fsp3) is 0.333. The molecular weight excluding hydrogens is 216 g/mol. The molecule has 0 unspecified atom stereocenters. The third-order valence-corrected chi connectivity index (χ3v) is 2.54. The summed E-state index contributed by atoms with van der Waals surface area (Å²) in [6.45, 7) is 3.61. The van der Waals surface area contributed by atoms with Gasteiger partial charge in [0.05, 0.1) is 0 Å². The minimum absolute atomic E-state index is 0.534. The van der Waals surface area contributed by atoms with Gasteiger partial charge in [0.25, 0.3) is 0 Å². The van der Waals surface area contributed by atoms with Crippen LogP contribution in [0.2, 0.25) is 0 Å². The Labute approximate surface area is 100 Å². The maximum absolute atomic E-state index is 5.46. The van der Waals surface area contributed by atoms with Gasteiger partial charge in [0, 0.05) is 17.8 Å². The highest BCUT2D eigenvalue weighted by Crippen LogP contribution is 2.23. The number of nitrogens with two attached hydrogens (primary N) is 1. The predicted octanol–water partition coefficient (Wildman–Crippen LogP) is 1.81. The third kappa shape index (κ3) is 2.82. The van der Waals surface area contributed by atoms with E-state index in [1.165, 1.54) is 12.0 Å². The summed E-state index contributed by atoms with van der Waals surface area (Å²) in [7, 11) is 0. The van der Waals surface area contributed by atoms with E-state index in [0.717, 1.165) is 24.2 Å². The van der Waals surface area contributed by atoms with Crippen LogP contribution in [-0.2, 0) is 0 Å². The maximum Gasteiger partial charge on any atom is 0.247 e. The zero-order chi connectivity index (χ0) is 12.1. The molecule has 1 aromatic heterocycles. The summed E-state index contributed by atoms with van der Waals surface area (Å²) in [4.78, 5) is 0. The van der Waals surface area contributed by atoms with Gasteiger partial charge in [-0.25, -0.2) is 0 Å². The predicted molar refractivity (Wildman–Crippen MR) is 66.6 cm³/mol. The monoisotopic (exact) mass is 232 g/mol. The lowest BCUT2D eigenvalue weighted by molar-refractivity contribution is 0.568. The van der Waals surface area contributed by atoms with Gasteiger partial charge in [0.15, 0.2) is 0 Å². The van der Waals surface area contributed by atoms with Crippen molar-refractivity contribution in [2.75, 3.05) is 18.4 Å². The summed E-state index contributed by atoms with van der Waals surface area (Å²) in [5.74, 6) is 0.534. The first-order valence-electron chi connectivity index (χ1n) is 5.62. The van der Waals surface area contributed by atoms with Crippen LogP contribution in [0.25, 0.3) is 11.5 Å². The Balaban J connectivity index is 2.18. The number of aryl methyl sites for hydroxylation is 1. The van der Waals surface area contributed by atoms with E-state index < -0.39 is 0 Å². The second-order valence-electron chi connectivity index (χ2n) is 3.84. The van der Waals surface area contributed by atoms with Crippen molar-refractivity contribution in [3.63, 3.8) is 0 Å². The number of anilines is 1. The van der Waals surface area contributed by atoms with Crippen molar-refractivity contribution in [2.45, 2.75) is 13.3 Å². The average Bonchev–Trinajstić information content (AvgIpc) is 2.85.